The maximum atomic E-state index is 4.97. The summed E-state index contributed by atoms with van der Waals surface area (Å²) in [6.07, 6.45) is 4.34. The average molecular weight is 463 g/mol. The molecule has 5 aromatic rings. The maximum absolute atomic E-state index is 4.97. The molecule has 0 aliphatic heterocycles. The number of aromatic nitrogens is 8. The van der Waals surface area contributed by atoms with Gasteiger partial charge in [-0.2, -0.15) is 5.21 Å². The van der Waals surface area contributed by atoms with Crippen molar-refractivity contribution in [1.29, 1.82) is 0 Å². The monoisotopic (exact) mass is 462 g/mol. The molecule has 0 spiro atoms. The molecule has 1 aliphatic carbocycles. The smallest absolute Gasteiger partial charge is 1.00 e. The fraction of sp³-hybridized carbons (Fsp3) is 0.250. The fourth-order valence-corrected chi connectivity index (χ4v) is 4.27. The van der Waals surface area contributed by atoms with Gasteiger partial charge in [0.25, 0.3) is 0 Å². The predicted octanol–water partition coefficient (Wildman–Crippen LogP) is 1.33. The van der Waals surface area contributed by atoms with Crippen LogP contribution in [0.1, 0.15) is 42.8 Å². The maximum Gasteiger partial charge on any atom is 1.00 e. The minimum Gasteiger partial charge on any atom is -1.00 e. The molecule has 1 aliphatic rings. The molecule has 0 atom stereocenters. The predicted molar refractivity (Wildman–Crippen MR) is 122 cm³/mol. The molecule has 0 unspecified atom stereocenters. The Morgan fingerprint density at radius 3 is 2.58 bits per heavy atom. The van der Waals surface area contributed by atoms with Gasteiger partial charge in [0.2, 0.25) is 5.82 Å². The first-order valence-corrected chi connectivity index (χ1v) is 10.8. The average Bonchev–Trinajstić information content (AvgIpc) is 3.37. The van der Waals surface area contributed by atoms with Crippen molar-refractivity contribution < 1.29 is 52.8 Å². The van der Waals surface area contributed by atoms with E-state index in [4.69, 9.17) is 15.0 Å². The number of aryl methyl sites for hydroxylation is 2. The van der Waals surface area contributed by atoms with Crippen LogP contribution in [0.4, 0.5) is 0 Å². The summed E-state index contributed by atoms with van der Waals surface area (Å²) < 4.78 is 2.27. The summed E-state index contributed by atoms with van der Waals surface area (Å²) in [5.41, 5.74) is 8.04. The topological polar surface area (TPSA) is 98.1 Å². The normalized spacial score (nSPS) is 13.3. The SMILES string of the molecule is Cc1cc(C)c2nc(C3CC3)n(Cc3ccc(-c4ccccc4-c4nn[nH]n4)nc3)c2n1.[H-].[K+]. The Kier molecular flexibility index (Phi) is 6.24. The first-order valence-electron chi connectivity index (χ1n) is 10.8. The van der Waals surface area contributed by atoms with Gasteiger partial charge in [0.1, 0.15) is 11.3 Å². The summed E-state index contributed by atoms with van der Waals surface area (Å²) in [5.74, 6) is 2.24. The van der Waals surface area contributed by atoms with Gasteiger partial charge in [-0.15, -0.1) is 10.2 Å². The van der Waals surface area contributed by atoms with Gasteiger partial charge in [0.05, 0.1) is 12.2 Å². The number of nitrogens with zero attached hydrogens (tertiary/aromatic N) is 7. The van der Waals surface area contributed by atoms with Crippen molar-refractivity contribution in [1.82, 2.24) is 40.1 Å². The molecule has 1 aromatic carbocycles. The molecule has 0 radical (unpaired) electrons. The zero-order valence-corrected chi connectivity index (χ0v) is 22.1. The van der Waals surface area contributed by atoms with Crippen molar-refractivity contribution in [3.63, 3.8) is 0 Å². The van der Waals surface area contributed by atoms with Gasteiger partial charge in [0, 0.05) is 28.9 Å². The molecule has 1 saturated carbocycles. The summed E-state index contributed by atoms with van der Waals surface area (Å²) >= 11 is 0. The third-order valence-electron chi connectivity index (χ3n) is 5.95. The minimum absolute atomic E-state index is 0. The zero-order chi connectivity index (χ0) is 21.7. The van der Waals surface area contributed by atoms with Gasteiger partial charge in [-0.3, -0.25) is 4.98 Å². The number of tetrazole rings is 1. The van der Waals surface area contributed by atoms with Crippen LogP contribution in [-0.4, -0.2) is 40.1 Å². The Morgan fingerprint density at radius 2 is 1.88 bits per heavy atom. The number of hydrogen-bond acceptors (Lipinski definition) is 6. The minimum atomic E-state index is 0. The summed E-state index contributed by atoms with van der Waals surface area (Å²) in [5, 5.41) is 14.4. The molecule has 6 rings (SSSR count). The molecular weight excluding hydrogens is 439 g/mol. The molecule has 8 nitrogen and oxygen atoms in total. The van der Waals surface area contributed by atoms with E-state index < -0.39 is 0 Å². The van der Waals surface area contributed by atoms with Crippen LogP contribution < -0.4 is 51.4 Å². The van der Waals surface area contributed by atoms with Crippen LogP contribution in [0, 0.1) is 13.8 Å². The van der Waals surface area contributed by atoms with Gasteiger partial charge < -0.3 is 5.99 Å². The van der Waals surface area contributed by atoms with E-state index in [1.807, 2.05) is 43.5 Å². The summed E-state index contributed by atoms with van der Waals surface area (Å²) in [6.45, 7) is 4.86. The van der Waals surface area contributed by atoms with Gasteiger partial charge in [0.15, 0.2) is 5.65 Å². The molecule has 0 amide bonds. The molecule has 0 bridgehead atoms. The molecule has 4 aromatic heterocycles. The molecule has 0 saturated heterocycles. The van der Waals surface area contributed by atoms with Crippen molar-refractivity contribution in [3.8, 4) is 22.6 Å². The van der Waals surface area contributed by atoms with Crippen LogP contribution in [0.25, 0.3) is 33.8 Å². The Bertz CT molecular complexity index is 1430. The number of H-pyrrole nitrogens is 1. The standard InChI is InChI=1S/C24H22N8.K.H/c1-14-11-15(2)26-24-21(14)27-23(17-8-9-17)32(24)13-16-7-10-20(25-12-16)18-5-3-4-6-19(18)22-28-30-31-29-22;;/h3-7,10-12,17H,8-9,13H2,1-2H3,(H,28,29,30,31);;/q;+1;-1. The largest absolute Gasteiger partial charge is 1.00 e. The Balaban J connectivity index is 0.00000137. The summed E-state index contributed by atoms with van der Waals surface area (Å²) in [4.78, 5) is 14.6. The summed E-state index contributed by atoms with van der Waals surface area (Å²) in [6, 6.07) is 14.2. The second-order valence-corrected chi connectivity index (χ2v) is 8.42. The van der Waals surface area contributed by atoms with E-state index in [1.165, 1.54) is 18.4 Å². The van der Waals surface area contributed by atoms with Crippen LogP contribution in [0.5, 0.6) is 0 Å². The first-order chi connectivity index (χ1) is 15.7. The van der Waals surface area contributed by atoms with E-state index in [-0.39, 0.29) is 52.8 Å². The first kappa shape index (κ1) is 22.5. The van der Waals surface area contributed by atoms with Crippen LogP contribution in [0.2, 0.25) is 0 Å². The number of nitrogens with one attached hydrogen (secondary N) is 1. The van der Waals surface area contributed by atoms with Crippen LogP contribution in [0.3, 0.4) is 0 Å². The van der Waals surface area contributed by atoms with Crippen LogP contribution in [-0.2, 0) is 6.54 Å². The Hall–Kier alpha value is -2.30. The number of fused-ring (bicyclic) bond motifs is 1. The van der Waals surface area contributed by atoms with Crippen molar-refractivity contribution in [2.45, 2.75) is 39.2 Å². The Morgan fingerprint density at radius 1 is 1.06 bits per heavy atom. The van der Waals surface area contributed by atoms with E-state index >= 15 is 0 Å². The van der Waals surface area contributed by atoms with Gasteiger partial charge >= 0.3 is 51.4 Å². The molecule has 4 heterocycles. The van der Waals surface area contributed by atoms with Crippen LogP contribution in [0.15, 0.2) is 48.7 Å². The molecular formula is C24H23KN8. The number of imidazole rings is 1. The molecule has 9 heteroatoms. The van der Waals surface area contributed by atoms with E-state index in [2.05, 4.69) is 44.2 Å². The van der Waals surface area contributed by atoms with Gasteiger partial charge in [-0.05, 0) is 55.2 Å². The quantitative estimate of drug-likeness (QED) is 0.396. The van der Waals surface area contributed by atoms with Crippen molar-refractivity contribution in [3.05, 3.63) is 71.3 Å². The third kappa shape index (κ3) is 4.31. The molecule has 1 fully saturated rings. The van der Waals surface area contributed by atoms with Gasteiger partial charge in [-0.25, -0.2) is 9.97 Å². The van der Waals surface area contributed by atoms with Crippen molar-refractivity contribution in [2.24, 2.45) is 0 Å². The van der Waals surface area contributed by atoms with E-state index in [0.717, 1.165) is 45.1 Å². The zero-order valence-electron chi connectivity index (χ0n) is 19.9. The second kappa shape index (κ2) is 9.15. The van der Waals surface area contributed by atoms with Crippen molar-refractivity contribution in [2.75, 3.05) is 0 Å². The number of benzene rings is 1. The van der Waals surface area contributed by atoms with Crippen molar-refractivity contribution >= 4 is 11.2 Å². The van der Waals surface area contributed by atoms with E-state index in [0.29, 0.717) is 18.3 Å². The molecule has 160 valence electrons. The van der Waals surface area contributed by atoms with E-state index in [1.54, 1.807) is 0 Å². The number of rotatable bonds is 5. The van der Waals surface area contributed by atoms with E-state index in [9.17, 15) is 0 Å². The number of pyridine rings is 2. The van der Waals surface area contributed by atoms with Crippen LogP contribution >= 0.6 is 0 Å². The summed E-state index contributed by atoms with van der Waals surface area (Å²) in [7, 11) is 0. The third-order valence-corrected chi connectivity index (χ3v) is 5.95. The number of aromatic amines is 1. The van der Waals surface area contributed by atoms with Gasteiger partial charge in [-0.1, -0.05) is 30.3 Å². The Labute approximate surface area is 235 Å². The molecule has 33 heavy (non-hydrogen) atoms. The second-order valence-electron chi connectivity index (χ2n) is 8.42. The molecule has 1 N–H and O–H groups in total. The number of hydrogen-bond donors (Lipinski definition) is 1. The fourth-order valence-electron chi connectivity index (χ4n) is 4.27.